The van der Waals surface area contributed by atoms with Crippen LogP contribution in [0.15, 0.2) is 12.2 Å². The van der Waals surface area contributed by atoms with Crippen molar-refractivity contribution in [1.82, 2.24) is 0 Å². The van der Waals surface area contributed by atoms with Crippen LogP contribution in [0.2, 0.25) is 0 Å². The lowest BCUT2D eigenvalue weighted by Gasteiger charge is -2.06. The van der Waals surface area contributed by atoms with Crippen LogP contribution in [0.3, 0.4) is 0 Å². The molecule has 0 spiro atoms. The second-order valence-electron chi connectivity index (χ2n) is 4.95. The van der Waals surface area contributed by atoms with Gasteiger partial charge in [0, 0.05) is 6.42 Å². The third kappa shape index (κ3) is 11.9. The molecule has 1 atom stereocenters. The topological polar surface area (TPSA) is 63.6 Å². The van der Waals surface area contributed by atoms with Crippen molar-refractivity contribution in [2.24, 2.45) is 0 Å². The molecule has 0 saturated heterocycles. The molecule has 0 aliphatic heterocycles. The number of aliphatic hydroxyl groups is 1. The van der Waals surface area contributed by atoms with E-state index in [-0.39, 0.29) is 18.8 Å². The lowest BCUT2D eigenvalue weighted by molar-refractivity contribution is -0.145. The maximum atomic E-state index is 11.5. The van der Waals surface area contributed by atoms with Crippen LogP contribution in [0.4, 0.5) is 0 Å². The predicted octanol–water partition coefficient (Wildman–Crippen LogP) is 3.18. The molecule has 4 nitrogen and oxygen atoms in total. The zero-order valence-electron chi connectivity index (χ0n) is 12.8. The highest BCUT2D eigenvalue weighted by molar-refractivity contribution is 5.89. The molecule has 0 rings (SSSR count). The molecule has 0 aromatic rings. The van der Waals surface area contributed by atoms with Gasteiger partial charge in [-0.1, -0.05) is 39.2 Å². The highest BCUT2D eigenvalue weighted by Crippen LogP contribution is 2.04. The van der Waals surface area contributed by atoms with Crippen molar-refractivity contribution >= 4 is 11.8 Å². The van der Waals surface area contributed by atoms with Crippen LogP contribution in [-0.4, -0.2) is 29.6 Å². The summed E-state index contributed by atoms with van der Waals surface area (Å²) in [5.41, 5.74) is 0. The number of unbranched alkanes of at least 4 members (excludes halogenated alkanes) is 3. The van der Waals surface area contributed by atoms with Crippen molar-refractivity contribution in [2.45, 2.75) is 71.3 Å². The Morgan fingerprint density at radius 3 is 2.60 bits per heavy atom. The maximum absolute atomic E-state index is 11.5. The van der Waals surface area contributed by atoms with Gasteiger partial charge in [0.15, 0.2) is 5.78 Å². The quantitative estimate of drug-likeness (QED) is 0.339. The number of allylic oxidation sites excluding steroid dienone is 1. The van der Waals surface area contributed by atoms with E-state index in [1.54, 1.807) is 12.2 Å². The Morgan fingerprint density at radius 1 is 1.20 bits per heavy atom. The van der Waals surface area contributed by atoms with E-state index in [2.05, 4.69) is 6.92 Å². The van der Waals surface area contributed by atoms with Gasteiger partial charge in [-0.25, -0.2) is 0 Å². The van der Waals surface area contributed by atoms with E-state index in [1.165, 1.54) is 12.8 Å². The molecule has 116 valence electrons. The number of ether oxygens (including phenoxy) is 1. The smallest absolute Gasteiger partial charge is 0.308 e. The Kier molecular flexibility index (Phi) is 12.1. The summed E-state index contributed by atoms with van der Waals surface area (Å²) in [6, 6.07) is 0. The summed E-state index contributed by atoms with van der Waals surface area (Å²) < 4.78 is 4.95. The van der Waals surface area contributed by atoms with Gasteiger partial charge < -0.3 is 9.84 Å². The molecule has 0 fully saturated rings. The summed E-state index contributed by atoms with van der Waals surface area (Å²) >= 11 is 0. The number of carbonyl (C=O) groups excluding carboxylic acids is 2. The highest BCUT2D eigenvalue weighted by atomic mass is 16.5. The molecule has 0 aromatic carbocycles. The standard InChI is InChI=1S/C16H28O4/c1-3-5-6-7-10-15(18)11-8-9-12-20-16(19)13-14(17)4-2/h8,11,14,17H,3-7,9-10,12-13H2,1-2H3/b11-8+. The van der Waals surface area contributed by atoms with Crippen LogP contribution in [0.1, 0.15) is 65.2 Å². The minimum atomic E-state index is -0.622. The average Bonchev–Trinajstić information content (AvgIpc) is 2.43. The van der Waals surface area contributed by atoms with Gasteiger partial charge in [0.05, 0.1) is 19.1 Å². The van der Waals surface area contributed by atoms with Gasteiger partial charge in [0.2, 0.25) is 0 Å². The monoisotopic (exact) mass is 284 g/mol. The Labute approximate surface area is 122 Å². The Bertz CT molecular complexity index is 297. The maximum Gasteiger partial charge on any atom is 0.308 e. The number of aliphatic hydroxyl groups excluding tert-OH is 1. The van der Waals surface area contributed by atoms with Gasteiger partial charge in [-0.15, -0.1) is 0 Å². The zero-order chi connectivity index (χ0) is 15.2. The Morgan fingerprint density at radius 2 is 1.95 bits per heavy atom. The first-order chi connectivity index (χ1) is 9.60. The largest absolute Gasteiger partial charge is 0.465 e. The van der Waals surface area contributed by atoms with Gasteiger partial charge in [-0.05, 0) is 25.3 Å². The zero-order valence-corrected chi connectivity index (χ0v) is 12.8. The van der Waals surface area contributed by atoms with Crippen LogP contribution in [-0.2, 0) is 14.3 Å². The van der Waals surface area contributed by atoms with Gasteiger partial charge in [0.1, 0.15) is 0 Å². The predicted molar refractivity (Wildman–Crippen MR) is 79.4 cm³/mol. The molecule has 0 radical (unpaired) electrons. The molecule has 0 aromatic heterocycles. The molecule has 4 heteroatoms. The Balaban J connectivity index is 3.55. The molecule has 0 amide bonds. The number of hydrogen-bond acceptors (Lipinski definition) is 4. The molecule has 20 heavy (non-hydrogen) atoms. The van der Waals surface area contributed by atoms with E-state index in [1.807, 2.05) is 6.92 Å². The third-order valence-electron chi connectivity index (χ3n) is 3.00. The molecule has 0 bridgehead atoms. The van der Waals surface area contributed by atoms with E-state index < -0.39 is 12.1 Å². The number of rotatable bonds is 12. The SMILES string of the molecule is CCCCCCC(=O)/C=C/CCOC(=O)CC(O)CC. The van der Waals surface area contributed by atoms with Crippen LogP contribution in [0.25, 0.3) is 0 Å². The van der Waals surface area contributed by atoms with E-state index in [0.717, 1.165) is 12.8 Å². The summed E-state index contributed by atoms with van der Waals surface area (Å²) in [7, 11) is 0. The minimum absolute atomic E-state index is 0.0383. The van der Waals surface area contributed by atoms with Crippen molar-refractivity contribution in [3.05, 3.63) is 12.2 Å². The second kappa shape index (κ2) is 12.9. The van der Waals surface area contributed by atoms with Crippen LogP contribution < -0.4 is 0 Å². The summed E-state index contributed by atoms with van der Waals surface area (Å²) in [4.78, 5) is 22.7. The van der Waals surface area contributed by atoms with Crippen molar-refractivity contribution < 1.29 is 19.4 Å². The summed E-state index contributed by atoms with van der Waals surface area (Å²) in [6.45, 7) is 4.21. The average molecular weight is 284 g/mol. The second-order valence-corrected chi connectivity index (χ2v) is 4.95. The van der Waals surface area contributed by atoms with Gasteiger partial charge in [-0.3, -0.25) is 9.59 Å². The number of carbonyl (C=O) groups is 2. The molecular weight excluding hydrogens is 256 g/mol. The molecule has 1 N–H and O–H groups in total. The normalized spacial score (nSPS) is 12.6. The Hall–Kier alpha value is -1.16. The number of ketones is 1. The lowest BCUT2D eigenvalue weighted by atomic mass is 10.1. The van der Waals surface area contributed by atoms with Crippen molar-refractivity contribution in [3.63, 3.8) is 0 Å². The fourth-order valence-corrected chi connectivity index (χ4v) is 1.66. The third-order valence-corrected chi connectivity index (χ3v) is 3.00. The van der Waals surface area contributed by atoms with Gasteiger partial charge in [-0.2, -0.15) is 0 Å². The first-order valence-electron chi connectivity index (χ1n) is 7.63. The lowest BCUT2D eigenvalue weighted by Crippen LogP contribution is -2.15. The van der Waals surface area contributed by atoms with E-state index in [9.17, 15) is 14.7 Å². The molecule has 0 aliphatic carbocycles. The van der Waals surface area contributed by atoms with Gasteiger partial charge in [0.25, 0.3) is 0 Å². The van der Waals surface area contributed by atoms with Crippen LogP contribution in [0, 0.1) is 0 Å². The summed E-state index contributed by atoms with van der Waals surface area (Å²) in [6.07, 6.45) is 8.80. The molecule has 1 unspecified atom stereocenters. The minimum Gasteiger partial charge on any atom is -0.465 e. The van der Waals surface area contributed by atoms with Crippen molar-refractivity contribution in [3.8, 4) is 0 Å². The molecule has 0 heterocycles. The number of esters is 1. The molecule has 0 saturated carbocycles. The number of hydrogen-bond donors (Lipinski definition) is 1. The van der Waals surface area contributed by atoms with Crippen LogP contribution in [0.5, 0.6) is 0 Å². The summed E-state index contributed by atoms with van der Waals surface area (Å²) in [5, 5.41) is 9.26. The van der Waals surface area contributed by atoms with E-state index in [4.69, 9.17) is 4.74 Å². The fraction of sp³-hybridized carbons (Fsp3) is 0.750. The first kappa shape index (κ1) is 18.8. The van der Waals surface area contributed by atoms with Gasteiger partial charge >= 0.3 is 5.97 Å². The van der Waals surface area contributed by atoms with Crippen LogP contribution >= 0.6 is 0 Å². The molecular formula is C16H28O4. The van der Waals surface area contributed by atoms with Crippen molar-refractivity contribution in [1.29, 1.82) is 0 Å². The first-order valence-corrected chi connectivity index (χ1v) is 7.63. The highest BCUT2D eigenvalue weighted by Gasteiger charge is 2.09. The summed E-state index contributed by atoms with van der Waals surface area (Å²) in [5.74, 6) is -0.257. The molecule has 0 aliphatic rings. The van der Waals surface area contributed by atoms with Crippen molar-refractivity contribution in [2.75, 3.05) is 6.61 Å². The fourth-order valence-electron chi connectivity index (χ4n) is 1.66. The van der Waals surface area contributed by atoms with E-state index >= 15 is 0 Å². The van der Waals surface area contributed by atoms with E-state index in [0.29, 0.717) is 19.3 Å².